The first-order valence-electron chi connectivity index (χ1n) is 9.27. The van der Waals surface area contributed by atoms with Gasteiger partial charge in [-0.15, -0.1) is 11.3 Å². The molecule has 0 radical (unpaired) electrons. The van der Waals surface area contributed by atoms with Crippen molar-refractivity contribution in [1.82, 2.24) is 9.80 Å². The van der Waals surface area contributed by atoms with E-state index in [1.54, 1.807) is 11.3 Å². The average molecular weight is 408 g/mol. The van der Waals surface area contributed by atoms with E-state index >= 15 is 0 Å². The van der Waals surface area contributed by atoms with Gasteiger partial charge in [0.05, 0.1) is 17.3 Å². The quantitative estimate of drug-likeness (QED) is 0.612. The number of halogens is 1. The second kappa shape index (κ2) is 10.3. The maximum atomic E-state index is 6.28. The smallest absolute Gasteiger partial charge is 0.173 e. The number of hydrogen-bond acceptors (Lipinski definition) is 3. The molecular weight excluding hydrogens is 382 g/mol. The molecule has 0 aliphatic carbocycles. The van der Waals surface area contributed by atoms with Crippen molar-refractivity contribution in [2.75, 3.05) is 31.5 Å². The largest absolute Gasteiger partial charge is 0.344 e. The lowest BCUT2D eigenvalue weighted by Gasteiger charge is -2.29. The predicted molar refractivity (Wildman–Crippen MR) is 117 cm³/mol. The van der Waals surface area contributed by atoms with Gasteiger partial charge in [0.15, 0.2) is 5.11 Å². The third kappa shape index (κ3) is 5.95. The van der Waals surface area contributed by atoms with Crippen LogP contribution in [0.1, 0.15) is 30.6 Å². The fourth-order valence-corrected chi connectivity index (χ4v) is 4.44. The van der Waals surface area contributed by atoms with E-state index in [1.807, 2.05) is 24.3 Å². The first-order chi connectivity index (χ1) is 12.7. The van der Waals surface area contributed by atoms with E-state index in [2.05, 4.69) is 32.6 Å². The van der Waals surface area contributed by atoms with Crippen molar-refractivity contribution < 1.29 is 0 Å². The predicted octanol–water partition coefficient (Wildman–Crippen LogP) is 5.48. The van der Waals surface area contributed by atoms with Gasteiger partial charge in [0.2, 0.25) is 0 Å². The van der Waals surface area contributed by atoms with Crippen molar-refractivity contribution in [3.8, 4) is 0 Å². The van der Waals surface area contributed by atoms with E-state index < -0.39 is 0 Å². The zero-order valence-electron chi connectivity index (χ0n) is 15.0. The molecule has 140 valence electrons. The van der Waals surface area contributed by atoms with Gasteiger partial charge in [-0.05, 0) is 74.7 Å². The maximum absolute atomic E-state index is 6.28. The minimum Gasteiger partial charge on any atom is -0.344 e. The highest BCUT2D eigenvalue weighted by Crippen LogP contribution is 2.22. The third-order valence-electron chi connectivity index (χ3n) is 4.68. The van der Waals surface area contributed by atoms with E-state index in [1.165, 1.54) is 37.2 Å². The molecule has 0 atom stereocenters. The van der Waals surface area contributed by atoms with Crippen LogP contribution in [0.4, 0.5) is 5.69 Å². The Morgan fingerprint density at radius 2 is 1.96 bits per heavy atom. The van der Waals surface area contributed by atoms with E-state index in [0.717, 1.165) is 36.9 Å². The number of thiophene rings is 1. The molecule has 2 aromatic rings. The normalized spacial score (nSPS) is 15.0. The van der Waals surface area contributed by atoms with E-state index in [0.29, 0.717) is 5.02 Å². The molecule has 1 aliphatic heterocycles. The number of benzene rings is 1. The molecule has 1 aromatic carbocycles. The summed E-state index contributed by atoms with van der Waals surface area (Å²) < 4.78 is 0. The number of para-hydroxylation sites is 1. The van der Waals surface area contributed by atoms with Gasteiger partial charge in [0.1, 0.15) is 0 Å². The van der Waals surface area contributed by atoms with Crippen molar-refractivity contribution in [1.29, 1.82) is 0 Å². The summed E-state index contributed by atoms with van der Waals surface area (Å²) in [5.41, 5.74) is 0.867. The molecule has 1 saturated heterocycles. The van der Waals surface area contributed by atoms with Crippen LogP contribution in [0, 0.1) is 0 Å². The van der Waals surface area contributed by atoms with E-state index in [9.17, 15) is 0 Å². The number of likely N-dealkylation sites (tertiary alicyclic amines) is 1. The summed E-state index contributed by atoms with van der Waals surface area (Å²) in [6, 6.07) is 12.0. The molecule has 1 aliphatic rings. The topological polar surface area (TPSA) is 18.5 Å². The van der Waals surface area contributed by atoms with Crippen LogP contribution in [0.3, 0.4) is 0 Å². The van der Waals surface area contributed by atoms with Gasteiger partial charge in [-0.3, -0.25) is 0 Å². The van der Waals surface area contributed by atoms with Gasteiger partial charge in [0, 0.05) is 11.4 Å². The molecule has 2 heterocycles. The molecule has 0 amide bonds. The molecule has 0 bridgehead atoms. The molecular formula is C20H26ClN3S2. The molecule has 1 fully saturated rings. The lowest BCUT2D eigenvalue weighted by Crippen LogP contribution is -2.37. The lowest BCUT2D eigenvalue weighted by atomic mass is 10.1. The van der Waals surface area contributed by atoms with Crippen LogP contribution in [-0.2, 0) is 6.54 Å². The highest BCUT2D eigenvalue weighted by molar-refractivity contribution is 7.80. The van der Waals surface area contributed by atoms with Gasteiger partial charge in [-0.1, -0.05) is 36.2 Å². The minimum atomic E-state index is 0.694. The first kappa shape index (κ1) is 19.6. The second-order valence-corrected chi connectivity index (χ2v) is 8.49. The Hall–Kier alpha value is -1.14. The van der Waals surface area contributed by atoms with Crippen LogP contribution in [-0.4, -0.2) is 41.1 Å². The van der Waals surface area contributed by atoms with Crippen molar-refractivity contribution in [3.63, 3.8) is 0 Å². The minimum absolute atomic E-state index is 0.694. The first-order valence-corrected chi connectivity index (χ1v) is 10.9. The average Bonchev–Trinajstić information content (AvgIpc) is 3.17. The number of hydrogen-bond donors (Lipinski definition) is 1. The van der Waals surface area contributed by atoms with Gasteiger partial charge < -0.3 is 15.1 Å². The number of nitrogens with zero attached hydrogens (tertiary/aromatic N) is 2. The van der Waals surface area contributed by atoms with Crippen molar-refractivity contribution >= 4 is 46.0 Å². The van der Waals surface area contributed by atoms with Gasteiger partial charge in [-0.2, -0.15) is 0 Å². The summed E-state index contributed by atoms with van der Waals surface area (Å²) in [4.78, 5) is 6.16. The zero-order chi connectivity index (χ0) is 18.2. The summed E-state index contributed by atoms with van der Waals surface area (Å²) >= 11 is 13.8. The number of nitrogens with one attached hydrogen (secondary N) is 1. The monoisotopic (exact) mass is 407 g/mol. The fourth-order valence-electron chi connectivity index (χ4n) is 3.27. The Kier molecular flexibility index (Phi) is 7.74. The SMILES string of the molecule is S=C(Nc1ccccc1Cl)N(CCCN1CCCCC1)Cc1cccs1. The number of thiocarbonyl (C=S) groups is 1. The van der Waals surface area contributed by atoms with Crippen LogP contribution in [0.15, 0.2) is 41.8 Å². The van der Waals surface area contributed by atoms with Crippen LogP contribution in [0.2, 0.25) is 5.02 Å². The summed E-state index contributed by atoms with van der Waals surface area (Å²) in [5.74, 6) is 0. The Balaban J connectivity index is 1.58. The summed E-state index contributed by atoms with van der Waals surface area (Å²) in [5, 5.41) is 6.88. The van der Waals surface area contributed by atoms with Crippen molar-refractivity contribution in [3.05, 3.63) is 51.7 Å². The highest BCUT2D eigenvalue weighted by Gasteiger charge is 2.14. The number of piperidine rings is 1. The van der Waals surface area contributed by atoms with Crippen molar-refractivity contribution in [2.24, 2.45) is 0 Å². The highest BCUT2D eigenvalue weighted by atomic mass is 35.5. The standard InChI is InChI=1S/C20H26ClN3S2/c21-18-9-2-3-10-19(18)22-20(25)24(16-17-8-6-15-26-17)14-7-13-23-11-4-1-5-12-23/h2-3,6,8-10,15H,1,4-5,7,11-14,16H2,(H,22,25). The Morgan fingerprint density at radius 1 is 1.15 bits per heavy atom. The Morgan fingerprint density at radius 3 is 2.69 bits per heavy atom. The van der Waals surface area contributed by atoms with E-state index in [-0.39, 0.29) is 0 Å². The molecule has 26 heavy (non-hydrogen) atoms. The van der Waals surface area contributed by atoms with Crippen LogP contribution in [0.25, 0.3) is 0 Å². The Bertz CT molecular complexity index is 684. The van der Waals surface area contributed by atoms with Crippen molar-refractivity contribution in [2.45, 2.75) is 32.2 Å². The van der Waals surface area contributed by atoms with Crippen LogP contribution < -0.4 is 5.32 Å². The zero-order valence-corrected chi connectivity index (χ0v) is 17.4. The van der Waals surface area contributed by atoms with Gasteiger partial charge in [-0.25, -0.2) is 0 Å². The van der Waals surface area contributed by atoms with Gasteiger partial charge in [0.25, 0.3) is 0 Å². The van der Waals surface area contributed by atoms with Crippen LogP contribution >= 0.6 is 35.2 Å². The fraction of sp³-hybridized carbons (Fsp3) is 0.450. The Labute approximate surface area is 171 Å². The third-order valence-corrected chi connectivity index (χ3v) is 6.23. The molecule has 0 spiro atoms. The molecule has 0 unspecified atom stereocenters. The summed E-state index contributed by atoms with van der Waals surface area (Å²) in [7, 11) is 0. The van der Waals surface area contributed by atoms with Gasteiger partial charge >= 0.3 is 0 Å². The summed E-state index contributed by atoms with van der Waals surface area (Å²) in [6.07, 6.45) is 5.18. The lowest BCUT2D eigenvalue weighted by molar-refractivity contribution is 0.218. The molecule has 3 nitrogen and oxygen atoms in total. The molecule has 1 aromatic heterocycles. The van der Waals surface area contributed by atoms with E-state index in [4.69, 9.17) is 23.8 Å². The number of rotatable bonds is 7. The molecule has 3 rings (SSSR count). The molecule has 6 heteroatoms. The summed E-state index contributed by atoms with van der Waals surface area (Å²) in [6.45, 7) is 5.43. The molecule has 0 saturated carbocycles. The molecule has 1 N–H and O–H groups in total. The maximum Gasteiger partial charge on any atom is 0.173 e. The van der Waals surface area contributed by atoms with Crippen LogP contribution in [0.5, 0.6) is 0 Å². The number of anilines is 1. The second-order valence-electron chi connectivity index (χ2n) is 6.67.